The average molecular weight is 269 g/mol. The lowest BCUT2D eigenvalue weighted by molar-refractivity contribution is -0.137. The number of hydrogen-bond donors (Lipinski definition) is 3. The van der Waals surface area contributed by atoms with Gasteiger partial charge in [0.05, 0.1) is 12.0 Å². The number of aliphatic carboxylic acids is 1. The van der Waals surface area contributed by atoms with Crippen molar-refractivity contribution in [2.24, 2.45) is 0 Å². The number of carboxylic acids is 1. The molecule has 19 heavy (non-hydrogen) atoms. The van der Waals surface area contributed by atoms with Crippen molar-refractivity contribution in [1.29, 1.82) is 0 Å². The number of amides is 1. The van der Waals surface area contributed by atoms with Crippen molar-refractivity contribution in [1.82, 2.24) is 5.32 Å². The van der Waals surface area contributed by atoms with E-state index in [1.807, 2.05) is 6.92 Å². The van der Waals surface area contributed by atoms with Crippen LogP contribution in [-0.4, -0.2) is 28.1 Å². The zero-order valence-corrected chi connectivity index (χ0v) is 10.5. The largest absolute Gasteiger partial charge is 0.507 e. The molecule has 0 saturated carbocycles. The van der Waals surface area contributed by atoms with Gasteiger partial charge in [-0.25, -0.2) is 4.39 Å². The lowest BCUT2D eigenvalue weighted by Crippen LogP contribution is -2.36. The highest BCUT2D eigenvalue weighted by molar-refractivity contribution is 5.97. The van der Waals surface area contributed by atoms with Crippen molar-refractivity contribution in [3.05, 3.63) is 29.6 Å². The third kappa shape index (κ3) is 4.57. The number of hydrogen-bond acceptors (Lipinski definition) is 3. The van der Waals surface area contributed by atoms with Crippen LogP contribution in [0, 0.1) is 5.82 Å². The predicted molar refractivity (Wildman–Crippen MR) is 66.5 cm³/mol. The maximum absolute atomic E-state index is 13.0. The fourth-order valence-corrected chi connectivity index (χ4v) is 1.74. The summed E-state index contributed by atoms with van der Waals surface area (Å²) in [5.41, 5.74) is -0.202. The van der Waals surface area contributed by atoms with Gasteiger partial charge in [-0.1, -0.05) is 13.3 Å². The van der Waals surface area contributed by atoms with Crippen molar-refractivity contribution in [2.75, 3.05) is 0 Å². The zero-order valence-electron chi connectivity index (χ0n) is 10.5. The molecule has 0 spiro atoms. The highest BCUT2D eigenvalue weighted by Gasteiger charge is 2.18. The lowest BCUT2D eigenvalue weighted by atomic mass is 10.1. The quantitative estimate of drug-likeness (QED) is 0.736. The van der Waals surface area contributed by atoms with Gasteiger partial charge in [0, 0.05) is 6.04 Å². The standard InChI is InChI=1S/C13H16FNO4/c1-2-3-9(7-12(17)18)15-13(19)10-6-8(14)4-5-11(10)16/h4-6,9,16H,2-3,7H2,1H3,(H,15,19)(H,17,18). The minimum atomic E-state index is -1.03. The molecule has 0 aliphatic heterocycles. The molecule has 1 unspecified atom stereocenters. The van der Waals surface area contributed by atoms with Crippen molar-refractivity contribution in [3.63, 3.8) is 0 Å². The van der Waals surface area contributed by atoms with Crippen molar-refractivity contribution in [3.8, 4) is 5.75 Å². The molecule has 0 aliphatic rings. The summed E-state index contributed by atoms with van der Waals surface area (Å²) in [5.74, 6) is -2.70. The lowest BCUT2D eigenvalue weighted by Gasteiger charge is -2.16. The zero-order chi connectivity index (χ0) is 14.4. The van der Waals surface area contributed by atoms with E-state index >= 15 is 0 Å². The molecule has 1 atom stereocenters. The fraction of sp³-hybridized carbons (Fsp3) is 0.385. The molecule has 104 valence electrons. The first-order chi connectivity index (χ1) is 8.93. The number of aromatic hydroxyl groups is 1. The highest BCUT2D eigenvalue weighted by Crippen LogP contribution is 2.18. The third-order valence-corrected chi connectivity index (χ3v) is 2.60. The molecule has 0 fully saturated rings. The van der Waals surface area contributed by atoms with Crippen LogP contribution < -0.4 is 5.32 Å². The van der Waals surface area contributed by atoms with Crippen molar-refractivity contribution >= 4 is 11.9 Å². The summed E-state index contributed by atoms with van der Waals surface area (Å²) < 4.78 is 13.0. The smallest absolute Gasteiger partial charge is 0.305 e. The Kier molecular flexibility index (Phi) is 5.29. The van der Waals surface area contributed by atoms with Crippen LogP contribution in [0.5, 0.6) is 5.75 Å². The van der Waals surface area contributed by atoms with E-state index < -0.39 is 23.7 Å². The Balaban J connectivity index is 2.81. The summed E-state index contributed by atoms with van der Waals surface area (Å²) >= 11 is 0. The molecular weight excluding hydrogens is 253 g/mol. The first-order valence-electron chi connectivity index (χ1n) is 5.95. The first-order valence-corrected chi connectivity index (χ1v) is 5.95. The van der Waals surface area contributed by atoms with Crippen LogP contribution in [0.15, 0.2) is 18.2 Å². The summed E-state index contributed by atoms with van der Waals surface area (Å²) in [6, 6.07) is 2.48. The summed E-state index contributed by atoms with van der Waals surface area (Å²) in [6.45, 7) is 1.86. The number of carboxylic acid groups (broad SMARTS) is 1. The Labute approximate surface area is 110 Å². The van der Waals surface area contributed by atoms with E-state index in [9.17, 15) is 19.1 Å². The van der Waals surface area contributed by atoms with Crippen LogP contribution in [0.3, 0.4) is 0 Å². The molecule has 0 heterocycles. The van der Waals surface area contributed by atoms with Crippen LogP contribution >= 0.6 is 0 Å². The number of nitrogens with one attached hydrogen (secondary N) is 1. The Bertz CT molecular complexity index is 476. The second-order valence-electron chi connectivity index (χ2n) is 4.22. The summed E-state index contributed by atoms with van der Waals surface area (Å²) in [5, 5.41) is 20.7. The molecule has 5 nitrogen and oxygen atoms in total. The Morgan fingerprint density at radius 3 is 2.68 bits per heavy atom. The second-order valence-corrected chi connectivity index (χ2v) is 4.22. The van der Waals surface area contributed by atoms with E-state index in [0.29, 0.717) is 12.8 Å². The minimum Gasteiger partial charge on any atom is -0.507 e. The number of phenolic OH excluding ortho intramolecular Hbond substituents is 1. The van der Waals surface area contributed by atoms with E-state index in [-0.39, 0.29) is 17.7 Å². The molecular formula is C13H16FNO4. The summed E-state index contributed by atoms with van der Waals surface area (Å²) in [6.07, 6.45) is 0.983. The molecule has 1 aromatic rings. The average Bonchev–Trinajstić information content (AvgIpc) is 2.31. The first kappa shape index (κ1) is 14.9. The topological polar surface area (TPSA) is 86.6 Å². The van der Waals surface area contributed by atoms with Gasteiger partial charge in [0.15, 0.2) is 0 Å². The van der Waals surface area contributed by atoms with E-state index in [0.717, 1.165) is 18.2 Å². The molecule has 0 bridgehead atoms. The molecule has 0 saturated heterocycles. The van der Waals surface area contributed by atoms with Gasteiger partial charge in [0.1, 0.15) is 11.6 Å². The fourth-order valence-electron chi connectivity index (χ4n) is 1.74. The minimum absolute atomic E-state index is 0.202. The van der Waals surface area contributed by atoms with Gasteiger partial charge < -0.3 is 15.5 Å². The molecule has 3 N–H and O–H groups in total. The highest BCUT2D eigenvalue weighted by atomic mass is 19.1. The molecule has 1 amide bonds. The summed E-state index contributed by atoms with van der Waals surface area (Å²) in [4.78, 5) is 22.5. The molecule has 1 aromatic carbocycles. The van der Waals surface area contributed by atoms with Gasteiger partial charge in [0.2, 0.25) is 0 Å². The number of carbonyl (C=O) groups is 2. The van der Waals surface area contributed by atoms with Gasteiger partial charge in [-0.3, -0.25) is 9.59 Å². The van der Waals surface area contributed by atoms with E-state index in [1.54, 1.807) is 0 Å². The third-order valence-electron chi connectivity index (χ3n) is 2.60. The molecule has 0 radical (unpaired) electrons. The van der Waals surface area contributed by atoms with Gasteiger partial charge in [-0.2, -0.15) is 0 Å². The Morgan fingerprint density at radius 2 is 2.11 bits per heavy atom. The van der Waals surface area contributed by atoms with Crippen LogP contribution in [0.4, 0.5) is 4.39 Å². The second kappa shape index (κ2) is 6.72. The van der Waals surface area contributed by atoms with Crippen molar-refractivity contribution in [2.45, 2.75) is 32.2 Å². The maximum Gasteiger partial charge on any atom is 0.305 e. The number of halogens is 1. The van der Waals surface area contributed by atoms with E-state index in [4.69, 9.17) is 5.11 Å². The Morgan fingerprint density at radius 1 is 1.42 bits per heavy atom. The van der Waals surface area contributed by atoms with Gasteiger partial charge in [0.25, 0.3) is 5.91 Å². The maximum atomic E-state index is 13.0. The summed E-state index contributed by atoms with van der Waals surface area (Å²) in [7, 11) is 0. The van der Waals surface area contributed by atoms with Crippen molar-refractivity contribution < 1.29 is 24.2 Å². The monoisotopic (exact) mass is 269 g/mol. The van der Waals surface area contributed by atoms with E-state index in [1.165, 1.54) is 0 Å². The normalized spacial score (nSPS) is 11.9. The molecule has 0 aliphatic carbocycles. The Hall–Kier alpha value is -2.11. The van der Waals surface area contributed by atoms with Gasteiger partial charge in [-0.05, 0) is 24.6 Å². The predicted octanol–water partition coefficient (Wildman–Crippen LogP) is 1.90. The number of phenols is 1. The number of rotatable bonds is 6. The van der Waals surface area contributed by atoms with Crippen LogP contribution in [-0.2, 0) is 4.79 Å². The van der Waals surface area contributed by atoms with Crippen LogP contribution in [0.1, 0.15) is 36.5 Å². The number of carbonyl (C=O) groups excluding carboxylic acids is 1. The van der Waals surface area contributed by atoms with Crippen LogP contribution in [0.25, 0.3) is 0 Å². The van der Waals surface area contributed by atoms with E-state index in [2.05, 4.69) is 5.32 Å². The van der Waals surface area contributed by atoms with Gasteiger partial charge >= 0.3 is 5.97 Å². The van der Waals surface area contributed by atoms with Crippen LogP contribution in [0.2, 0.25) is 0 Å². The SMILES string of the molecule is CCCC(CC(=O)O)NC(=O)c1cc(F)ccc1O. The van der Waals surface area contributed by atoms with Gasteiger partial charge in [-0.15, -0.1) is 0 Å². The molecule has 0 aromatic heterocycles. The molecule has 1 rings (SSSR count). The number of benzene rings is 1. The molecule has 6 heteroatoms.